The van der Waals surface area contributed by atoms with E-state index in [2.05, 4.69) is 35.9 Å². The second-order valence-electron chi connectivity index (χ2n) is 3.72. The molecular formula is C13H9BrN4. The van der Waals surface area contributed by atoms with Gasteiger partial charge >= 0.3 is 0 Å². The van der Waals surface area contributed by atoms with Crippen LogP contribution in [0.3, 0.4) is 0 Å². The third-order valence-corrected chi connectivity index (χ3v) is 3.25. The van der Waals surface area contributed by atoms with Crippen molar-refractivity contribution in [2.45, 2.75) is 0 Å². The van der Waals surface area contributed by atoms with Crippen LogP contribution in [-0.2, 0) is 0 Å². The second-order valence-corrected chi connectivity index (χ2v) is 4.57. The SMILES string of the molecule is Br/C(=C/c1ncnc2nc[nH]c12)c1ccccc1. The Balaban J connectivity index is 2.08. The number of aromatic nitrogens is 4. The van der Waals surface area contributed by atoms with Crippen LogP contribution >= 0.6 is 15.9 Å². The number of nitrogens with zero attached hydrogens (tertiary/aromatic N) is 3. The number of hydrogen-bond donors (Lipinski definition) is 1. The van der Waals surface area contributed by atoms with Gasteiger partial charge in [0.25, 0.3) is 0 Å². The molecule has 5 heteroatoms. The highest BCUT2D eigenvalue weighted by atomic mass is 79.9. The van der Waals surface area contributed by atoms with Gasteiger partial charge in [-0.25, -0.2) is 15.0 Å². The predicted octanol–water partition coefficient (Wildman–Crippen LogP) is 3.25. The fraction of sp³-hybridized carbons (Fsp3) is 0. The summed E-state index contributed by atoms with van der Waals surface area (Å²) in [6, 6.07) is 10.0. The quantitative estimate of drug-likeness (QED) is 0.790. The normalized spacial score (nSPS) is 11.9. The molecule has 0 saturated carbocycles. The van der Waals surface area contributed by atoms with E-state index in [4.69, 9.17) is 0 Å². The molecule has 88 valence electrons. The Morgan fingerprint density at radius 1 is 1.11 bits per heavy atom. The van der Waals surface area contributed by atoms with Crippen LogP contribution in [0.15, 0.2) is 43.0 Å². The summed E-state index contributed by atoms with van der Waals surface area (Å²) in [4.78, 5) is 15.5. The van der Waals surface area contributed by atoms with Crippen molar-refractivity contribution in [3.63, 3.8) is 0 Å². The topological polar surface area (TPSA) is 54.5 Å². The van der Waals surface area contributed by atoms with Crippen molar-refractivity contribution in [1.82, 2.24) is 19.9 Å². The van der Waals surface area contributed by atoms with Gasteiger partial charge in [0.15, 0.2) is 5.65 Å². The molecule has 0 aliphatic rings. The molecule has 0 saturated heterocycles. The Morgan fingerprint density at radius 2 is 1.94 bits per heavy atom. The Morgan fingerprint density at radius 3 is 2.78 bits per heavy atom. The van der Waals surface area contributed by atoms with Gasteiger partial charge in [0.2, 0.25) is 0 Å². The van der Waals surface area contributed by atoms with Crippen molar-refractivity contribution in [2.75, 3.05) is 0 Å². The van der Waals surface area contributed by atoms with E-state index in [0.717, 1.165) is 21.3 Å². The van der Waals surface area contributed by atoms with Crippen molar-refractivity contribution < 1.29 is 0 Å². The molecule has 0 bridgehead atoms. The molecule has 4 nitrogen and oxygen atoms in total. The third kappa shape index (κ3) is 2.04. The number of fused-ring (bicyclic) bond motifs is 1. The lowest BCUT2D eigenvalue weighted by Gasteiger charge is -1.99. The molecule has 0 spiro atoms. The number of imidazole rings is 1. The molecule has 2 aromatic heterocycles. The van der Waals surface area contributed by atoms with Crippen molar-refractivity contribution >= 4 is 37.7 Å². The number of hydrogen-bond acceptors (Lipinski definition) is 3. The molecule has 18 heavy (non-hydrogen) atoms. The van der Waals surface area contributed by atoms with E-state index >= 15 is 0 Å². The Kier molecular flexibility index (Phi) is 2.90. The Labute approximate surface area is 112 Å². The van der Waals surface area contributed by atoms with Gasteiger partial charge in [-0.15, -0.1) is 0 Å². The summed E-state index contributed by atoms with van der Waals surface area (Å²) in [5.41, 5.74) is 3.42. The van der Waals surface area contributed by atoms with Crippen LogP contribution in [0.5, 0.6) is 0 Å². The van der Waals surface area contributed by atoms with Gasteiger partial charge in [-0.2, -0.15) is 0 Å². The first-order valence-corrected chi connectivity index (χ1v) is 6.20. The molecule has 3 rings (SSSR count). The summed E-state index contributed by atoms with van der Waals surface area (Å²) >= 11 is 3.56. The van der Waals surface area contributed by atoms with Crippen molar-refractivity contribution in [2.24, 2.45) is 0 Å². The van der Waals surface area contributed by atoms with E-state index in [9.17, 15) is 0 Å². The first-order chi connectivity index (χ1) is 8.84. The summed E-state index contributed by atoms with van der Waals surface area (Å²) in [5, 5.41) is 0. The summed E-state index contributed by atoms with van der Waals surface area (Å²) in [5.74, 6) is 0. The van der Waals surface area contributed by atoms with Crippen LogP contribution in [0.1, 0.15) is 11.3 Å². The zero-order valence-electron chi connectivity index (χ0n) is 9.34. The molecular weight excluding hydrogens is 292 g/mol. The van der Waals surface area contributed by atoms with Crippen molar-refractivity contribution in [3.8, 4) is 0 Å². The minimum atomic E-state index is 0.671. The van der Waals surface area contributed by atoms with E-state index in [-0.39, 0.29) is 0 Å². The summed E-state index contributed by atoms with van der Waals surface area (Å²) < 4.78 is 0.970. The molecule has 2 heterocycles. The molecule has 0 unspecified atom stereocenters. The highest BCUT2D eigenvalue weighted by Gasteiger charge is 2.04. The van der Waals surface area contributed by atoms with Crippen molar-refractivity contribution in [1.29, 1.82) is 0 Å². The highest BCUT2D eigenvalue weighted by Crippen LogP contribution is 2.24. The average molecular weight is 301 g/mol. The third-order valence-electron chi connectivity index (χ3n) is 2.57. The van der Waals surface area contributed by atoms with Gasteiger partial charge in [-0.05, 0) is 11.6 Å². The van der Waals surface area contributed by atoms with Crippen LogP contribution in [0.2, 0.25) is 0 Å². The van der Waals surface area contributed by atoms with Crippen molar-refractivity contribution in [3.05, 3.63) is 54.2 Å². The summed E-state index contributed by atoms with van der Waals surface area (Å²) in [6.45, 7) is 0. The molecule has 1 N–H and O–H groups in total. The first-order valence-electron chi connectivity index (χ1n) is 5.41. The smallest absolute Gasteiger partial charge is 0.181 e. The van der Waals surface area contributed by atoms with Crippen LogP contribution < -0.4 is 0 Å². The van der Waals surface area contributed by atoms with Gasteiger partial charge in [-0.1, -0.05) is 46.3 Å². The van der Waals surface area contributed by atoms with Gasteiger partial charge < -0.3 is 4.98 Å². The molecule has 1 aromatic carbocycles. The van der Waals surface area contributed by atoms with E-state index in [1.165, 1.54) is 6.33 Å². The molecule has 0 aliphatic carbocycles. The predicted molar refractivity (Wildman–Crippen MR) is 74.9 cm³/mol. The molecule has 0 fully saturated rings. The fourth-order valence-electron chi connectivity index (χ4n) is 1.69. The zero-order valence-corrected chi connectivity index (χ0v) is 10.9. The summed E-state index contributed by atoms with van der Waals surface area (Å²) in [7, 11) is 0. The lowest BCUT2D eigenvalue weighted by molar-refractivity contribution is 1.18. The number of nitrogens with one attached hydrogen (secondary N) is 1. The standard InChI is InChI=1S/C13H9BrN4/c14-10(9-4-2-1-3-5-9)6-11-12-13(17-7-15-11)18-8-16-12/h1-8H,(H,15,16,17,18)/b10-6+. The van der Waals surface area contributed by atoms with Crippen LogP contribution in [0.25, 0.3) is 21.7 Å². The molecule has 0 atom stereocenters. The molecule has 0 aliphatic heterocycles. The van der Waals surface area contributed by atoms with E-state index in [1.807, 2.05) is 36.4 Å². The largest absolute Gasteiger partial charge is 0.341 e. The molecule has 0 amide bonds. The maximum atomic E-state index is 4.26. The number of aromatic amines is 1. The fourth-order valence-corrected chi connectivity index (χ4v) is 2.18. The van der Waals surface area contributed by atoms with E-state index < -0.39 is 0 Å². The highest BCUT2D eigenvalue weighted by molar-refractivity contribution is 9.15. The van der Waals surface area contributed by atoms with Crippen LogP contribution in [0, 0.1) is 0 Å². The van der Waals surface area contributed by atoms with E-state index in [0.29, 0.717) is 5.65 Å². The van der Waals surface area contributed by atoms with Gasteiger partial charge in [0, 0.05) is 4.48 Å². The number of rotatable bonds is 2. The van der Waals surface area contributed by atoms with Crippen LogP contribution in [-0.4, -0.2) is 19.9 Å². The first kappa shape index (κ1) is 11.1. The monoisotopic (exact) mass is 300 g/mol. The average Bonchev–Trinajstić information content (AvgIpc) is 2.89. The maximum absolute atomic E-state index is 4.26. The summed E-state index contributed by atoms with van der Waals surface area (Å²) in [6.07, 6.45) is 5.09. The molecule has 3 aromatic rings. The van der Waals surface area contributed by atoms with Gasteiger partial charge in [-0.3, -0.25) is 0 Å². The van der Waals surface area contributed by atoms with Gasteiger partial charge in [0.1, 0.15) is 11.8 Å². The Hall–Kier alpha value is -2.01. The lowest BCUT2D eigenvalue weighted by atomic mass is 10.2. The zero-order chi connectivity index (χ0) is 12.4. The minimum Gasteiger partial charge on any atom is -0.341 e. The minimum absolute atomic E-state index is 0.671. The number of benzene rings is 1. The van der Waals surface area contributed by atoms with Crippen LogP contribution in [0.4, 0.5) is 0 Å². The number of H-pyrrole nitrogens is 1. The second kappa shape index (κ2) is 4.70. The van der Waals surface area contributed by atoms with E-state index in [1.54, 1.807) is 6.33 Å². The number of halogens is 1. The molecule has 0 radical (unpaired) electrons. The maximum Gasteiger partial charge on any atom is 0.181 e. The van der Waals surface area contributed by atoms with Gasteiger partial charge in [0.05, 0.1) is 12.0 Å². The Bertz CT molecular complexity index is 703. The lowest BCUT2D eigenvalue weighted by Crippen LogP contribution is -1.87.